The van der Waals surface area contributed by atoms with Gasteiger partial charge in [0, 0.05) is 37.6 Å². The number of amides is 1. The molecule has 2 saturated heterocycles. The number of carbonyl (C=O) groups is 1. The molecule has 2 aliphatic rings. The van der Waals surface area contributed by atoms with Gasteiger partial charge in [-0.25, -0.2) is 0 Å². The summed E-state index contributed by atoms with van der Waals surface area (Å²) in [5.74, 6) is 0.919. The van der Waals surface area contributed by atoms with E-state index in [0.29, 0.717) is 18.3 Å². The van der Waals surface area contributed by atoms with Crippen molar-refractivity contribution in [2.75, 3.05) is 19.7 Å². The summed E-state index contributed by atoms with van der Waals surface area (Å²) in [4.78, 5) is 14.8. The van der Waals surface area contributed by atoms with E-state index in [4.69, 9.17) is 9.15 Å². The van der Waals surface area contributed by atoms with Crippen LogP contribution >= 0.6 is 0 Å². The van der Waals surface area contributed by atoms with Crippen LogP contribution in [0.15, 0.2) is 35.0 Å². The van der Waals surface area contributed by atoms with Gasteiger partial charge in [0.15, 0.2) is 5.76 Å². The van der Waals surface area contributed by atoms with E-state index in [1.54, 1.807) is 16.9 Å². The summed E-state index contributed by atoms with van der Waals surface area (Å²) in [5.41, 5.74) is 0. The lowest BCUT2D eigenvalue weighted by atomic mass is 10.1. The highest BCUT2D eigenvalue weighted by molar-refractivity contribution is 5.91. The predicted octanol–water partition coefficient (Wildman–Crippen LogP) is 1.12. The lowest BCUT2D eigenvalue weighted by molar-refractivity contribution is -0.0390. The Morgan fingerprint density at radius 2 is 2.33 bits per heavy atom. The normalized spacial score (nSPS) is 27.1. The quantitative estimate of drug-likeness (QED) is 0.909. The molecule has 1 amide bonds. The molecule has 128 valence electrons. The minimum absolute atomic E-state index is 0.149. The molecule has 3 atom stereocenters. The first kappa shape index (κ1) is 15.4. The molecular formula is C17H22N4O3. The maximum absolute atomic E-state index is 12.4. The van der Waals surface area contributed by atoms with Crippen LogP contribution in [0, 0.1) is 0 Å². The lowest BCUT2D eigenvalue weighted by Crippen LogP contribution is -2.45. The summed E-state index contributed by atoms with van der Waals surface area (Å²) in [5, 5.41) is 7.22. The molecule has 4 heterocycles. The number of fused-ring (bicyclic) bond motifs is 1. The summed E-state index contributed by atoms with van der Waals surface area (Å²) < 4.78 is 13.1. The zero-order chi connectivity index (χ0) is 16.5. The van der Waals surface area contributed by atoms with Gasteiger partial charge in [0.1, 0.15) is 5.76 Å². The van der Waals surface area contributed by atoms with Crippen LogP contribution in [-0.2, 0) is 11.3 Å². The Morgan fingerprint density at radius 3 is 3.17 bits per heavy atom. The van der Waals surface area contributed by atoms with Crippen molar-refractivity contribution in [3.05, 3.63) is 42.1 Å². The third-order valence-electron chi connectivity index (χ3n) is 4.69. The zero-order valence-corrected chi connectivity index (χ0v) is 13.7. The molecule has 0 unspecified atom stereocenters. The lowest BCUT2D eigenvalue weighted by Gasteiger charge is -2.33. The van der Waals surface area contributed by atoms with Crippen molar-refractivity contribution in [3.8, 4) is 0 Å². The molecule has 2 fully saturated rings. The smallest absolute Gasteiger partial charge is 0.287 e. The Kier molecular flexibility index (Phi) is 4.12. The van der Waals surface area contributed by atoms with Gasteiger partial charge in [0.2, 0.25) is 0 Å². The first-order valence-electron chi connectivity index (χ1n) is 8.40. The standard InChI is InChI=1S/C17H22N4O3/c1-12-8-20-9-13(7-14(20)11-23-12)19-17(22)16-4-3-15(24-16)10-21-6-2-5-18-21/h2-6,12-14H,7-11H2,1H3,(H,19,22)/t12-,13-,14-/m0/s1. The Hall–Kier alpha value is -2.12. The second kappa shape index (κ2) is 6.41. The van der Waals surface area contributed by atoms with E-state index in [1.807, 2.05) is 18.3 Å². The molecule has 0 aliphatic carbocycles. The Labute approximate surface area is 140 Å². The highest BCUT2D eigenvalue weighted by Gasteiger charge is 2.37. The summed E-state index contributed by atoms with van der Waals surface area (Å²) in [7, 11) is 0. The van der Waals surface area contributed by atoms with Gasteiger partial charge in [-0.1, -0.05) is 0 Å². The number of aromatic nitrogens is 2. The van der Waals surface area contributed by atoms with Crippen molar-refractivity contribution in [1.29, 1.82) is 0 Å². The number of nitrogens with zero attached hydrogens (tertiary/aromatic N) is 3. The number of carbonyl (C=O) groups excluding carboxylic acids is 1. The molecule has 24 heavy (non-hydrogen) atoms. The van der Waals surface area contributed by atoms with E-state index in [-0.39, 0.29) is 18.1 Å². The summed E-state index contributed by atoms with van der Waals surface area (Å²) in [6.45, 7) is 5.18. The molecule has 0 bridgehead atoms. The minimum atomic E-state index is -0.152. The maximum atomic E-state index is 12.4. The van der Waals surface area contributed by atoms with Gasteiger partial charge >= 0.3 is 0 Å². The zero-order valence-electron chi connectivity index (χ0n) is 13.7. The van der Waals surface area contributed by atoms with Crippen molar-refractivity contribution in [2.45, 2.75) is 38.1 Å². The molecule has 1 N–H and O–H groups in total. The van der Waals surface area contributed by atoms with Crippen LogP contribution in [0.5, 0.6) is 0 Å². The molecular weight excluding hydrogens is 308 g/mol. The second-order valence-electron chi connectivity index (χ2n) is 6.63. The van der Waals surface area contributed by atoms with Gasteiger partial charge < -0.3 is 14.5 Å². The number of rotatable bonds is 4. The largest absolute Gasteiger partial charge is 0.454 e. The molecule has 0 aromatic carbocycles. The molecule has 7 heteroatoms. The molecule has 0 spiro atoms. The van der Waals surface area contributed by atoms with Crippen molar-refractivity contribution < 1.29 is 13.9 Å². The Bertz CT molecular complexity index is 697. The fourth-order valence-electron chi connectivity index (χ4n) is 3.54. The monoisotopic (exact) mass is 330 g/mol. The molecule has 4 rings (SSSR count). The Balaban J connectivity index is 1.34. The molecule has 2 aliphatic heterocycles. The van der Waals surface area contributed by atoms with Crippen LogP contribution in [-0.4, -0.2) is 58.5 Å². The summed E-state index contributed by atoms with van der Waals surface area (Å²) in [6, 6.07) is 5.97. The fraction of sp³-hybridized carbons (Fsp3) is 0.529. The summed E-state index contributed by atoms with van der Waals surface area (Å²) >= 11 is 0. The van der Waals surface area contributed by atoms with Crippen LogP contribution in [0.3, 0.4) is 0 Å². The highest BCUT2D eigenvalue weighted by Crippen LogP contribution is 2.23. The third-order valence-corrected chi connectivity index (χ3v) is 4.69. The van der Waals surface area contributed by atoms with Gasteiger partial charge in [0.05, 0.1) is 19.3 Å². The van der Waals surface area contributed by atoms with Crippen molar-refractivity contribution in [2.24, 2.45) is 0 Å². The number of nitrogens with one attached hydrogen (secondary N) is 1. The van der Waals surface area contributed by atoms with Gasteiger partial charge in [0.25, 0.3) is 5.91 Å². The van der Waals surface area contributed by atoms with Gasteiger partial charge in [-0.05, 0) is 31.5 Å². The van der Waals surface area contributed by atoms with Gasteiger partial charge in [-0.15, -0.1) is 0 Å². The van der Waals surface area contributed by atoms with Crippen molar-refractivity contribution in [3.63, 3.8) is 0 Å². The van der Waals surface area contributed by atoms with Crippen LogP contribution < -0.4 is 5.32 Å². The SMILES string of the molecule is C[C@H]1CN2C[C@@H](NC(=O)c3ccc(Cn4cccn4)o3)C[C@H]2CO1. The summed E-state index contributed by atoms with van der Waals surface area (Å²) in [6.07, 6.45) is 4.78. The minimum Gasteiger partial charge on any atom is -0.454 e. The molecule has 0 radical (unpaired) electrons. The fourth-order valence-corrected chi connectivity index (χ4v) is 3.54. The topological polar surface area (TPSA) is 72.5 Å². The van der Waals surface area contributed by atoms with Crippen LogP contribution in [0.2, 0.25) is 0 Å². The van der Waals surface area contributed by atoms with Gasteiger partial charge in [-0.3, -0.25) is 14.4 Å². The van der Waals surface area contributed by atoms with E-state index < -0.39 is 0 Å². The second-order valence-corrected chi connectivity index (χ2v) is 6.63. The van der Waals surface area contributed by atoms with E-state index >= 15 is 0 Å². The van der Waals surface area contributed by atoms with E-state index in [2.05, 4.69) is 22.2 Å². The number of hydrogen-bond acceptors (Lipinski definition) is 5. The predicted molar refractivity (Wildman–Crippen MR) is 86.7 cm³/mol. The van der Waals surface area contributed by atoms with Crippen LogP contribution in [0.4, 0.5) is 0 Å². The van der Waals surface area contributed by atoms with Crippen molar-refractivity contribution >= 4 is 5.91 Å². The number of furan rings is 1. The average Bonchev–Trinajstić information content (AvgIpc) is 3.27. The average molecular weight is 330 g/mol. The first-order chi connectivity index (χ1) is 11.7. The van der Waals surface area contributed by atoms with E-state index in [9.17, 15) is 4.79 Å². The first-order valence-corrected chi connectivity index (χ1v) is 8.40. The number of morpholine rings is 1. The molecule has 2 aromatic rings. The van der Waals surface area contributed by atoms with E-state index in [1.165, 1.54) is 0 Å². The number of ether oxygens (including phenoxy) is 1. The number of hydrogen-bond donors (Lipinski definition) is 1. The van der Waals surface area contributed by atoms with Crippen molar-refractivity contribution in [1.82, 2.24) is 20.0 Å². The highest BCUT2D eigenvalue weighted by atomic mass is 16.5. The maximum Gasteiger partial charge on any atom is 0.287 e. The molecule has 2 aromatic heterocycles. The molecule has 0 saturated carbocycles. The third kappa shape index (κ3) is 3.22. The van der Waals surface area contributed by atoms with Gasteiger partial charge in [-0.2, -0.15) is 5.10 Å². The van der Waals surface area contributed by atoms with E-state index in [0.717, 1.165) is 31.9 Å². The Morgan fingerprint density at radius 1 is 1.42 bits per heavy atom. The van der Waals surface area contributed by atoms with Crippen LogP contribution in [0.25, 0.3) is 0 Å². The van der Waals surface area contributed by atoms with Crippen LogP contribution in [0.1, 0.15) is 29.7 Å². The molecule has 7 nitrogen and oxygen atoms in total.